The van der Waals surface area contributed by atoms with Gasteiger partial charge in [0.2, 0.25) is 16.6 Å². The molecule has 3 rings (SSSR count). The number of esters is 1. The molecule has 3 aromatic rings. The average molecular weight is 511 g/mol. The van der Waals surface area contributed by atoms with Gasteiger partial charge in [-0.3, -0.25) is 0 Å². The Morgan fingerprint density at radius 2 is 1.41 bits per heavy atom. The number of nitrogens with two attached hydrogens (primary N) is 1. The number of primary sulfonamides is 1. The van der Waals surface area contributed by atoms with Crippen molar-refractivity contribution < 1.29 is 51.4 Å². The SMILES string of the molecule is Cc1cc(-c2ccccc2)cc(C)[n+]1CC(=O)OCc1ccc(S(N)(=O)=O)cc1.[O-][Cl+3]([O-])([O-])[O-]. The molecular weight excluding hydrogens is 488 g/mol. The van der Waals surface area contributed by atoms with Crippen LogP contribution >= 0.6 is 0 Å². The van der Waals surface area contributed by atoms with Gasteiger partial charge in [0, 0.05) is 26.0 Å². The smallest absolute Gasteiger partial charge is 0.373 e. The summed E-state index contributed by atoms with van der Waals surface area (Å²) in [6.07, 6.45) is 0. The van der Waals surface area contributed by atoms with Crippen LogP contribution in [0.2, 0.25) is 0 Å². The molecule has 12 heteroatoms. The van der Waals surface area contributed by atoms with Crippen LogP contribution in [0.1, 0.15) is 17.0 Å². The molecule has 1 heterocycles. The second-order valence-corrected chi connectivity index (χ2v) is 9.52. The molecule has 0 saturated heterocycles. The van der Waals surface area contributed by atoms with Gasteiger partial charge in [0.15, 0.2) is 11.4 Å². The normalized spacial score (nSPS) is 11.4. The molecule has 0 radical (unpaired) electrons. The van der Waals surface area contributed by atoms with Crippen molar-refractivity contribution in [3.63, 3.8) is 0 Å². The van der Waals surface area contributed by atoms with Crippen molar-refractivity contribution in [3.05, 3.63) is 83.7 Å². The number of nitrogens with zero attached hydrogens (tertiary/aromatic N) is 1. The first-order chi connectivity index (χ1) is 15.7. The zero-order valence-electron chi connectivity index (χ0n) is 18.3. The number of aromatic nitrogens is 1. The summed E-state index contributed by atoms with van der Waals surface area (Å²) in [5.41, 5.74) is 4.82. The van der Waals surface area contributed by atoms with Gasteiger partial charge in [-0.2, -0.15) is 4.57 Å². The molecule has 0 aliphatic rings. The first-order valence-corrected chi connectivity index (χ1v) is 12.5. The Morgan fingerprint density at radius 1 is 0.912 bits per heavy atom. The third-order valence-electron chi connectivity index (χ3n) is 4.63. The number of aryl methyl sites for hydroxylation is 2. The second-order valence-electron chi connectivity index (χ2n) is 7.21. The van der Waals surface area contributed by atoms with E-state index < -0.39 is 20.3 Å². The minimum Gasteiger partial charge on any atom is -0.456 e. The molecule has 0 bridgehead atoms. The molecule has 10 nitrogen and oxygen atoms in total. The summed E-state index contributed by atoms with van der Waals surface area (Å²) in [7, 11) is -8.68. The lowest BCUT2D eigenvalue weighted by atomic mass is 10.0. The van der Waals surface area contributed by atoms with Crippen molar-refractivity contribution in [3.8, 4) is 11.1 Å². The first-order valence-electron chi connectivity index (χ1n) is 9.69. The number of hydrogen-bond acceptors (Lipinski definition) is 8. The molecule has 0 aliphatic carbocycles. The standard InChI is InChI=1S/C22H23N2O4S.ClHO4/c1-16-12-20(19-6-4-3-5-7-19)13-17(2)24(16)14-22(25)28-15-18-8-10-21(11-9-18)29(23,26)27;2-1(3,4)5/h3-13H,14-15H2,1-2H3,(H2,23,26,27);(H,2,3,4,5)/q+1;/p-1. The number of rotatable bonds is 6. The molecule has 0 atom stereocenters. The maximum absolute atomic E-state index is 12.3. The van der Waals surface area contributed by atoms with Crippen LogP contribution in [0.15, 0.2) is 71.6 Å². The average Bonchev–Trinajstić information content (AvgIpc) is 2.74. The molecule has 0 unspecified atom stereocenters. The van der Waals surface area contributed by atoms with E-state index in [1.54, 1.807) is 12.1 Å². The predicted octanol–water partition coefficient (Wildman–Crippen LogP) is -2.11. The van der Waals surface area contributed by atoms with Gasteiger partial charge in [0.25, 0.3) is 0 Å². The first kappa shape index (κ1) is 27.3. The van der Waals surface area contributed by atoms with Crippen molar-refractivity contribution in [1.29, 1.82) is 0 Å². The lowest BCUT2D eigenvalue weighted by Crippen LogP contribution is -2.68. The lowest BCUT2D eigenvalue weighted by molar-refractivity contribution is -2.00. The fraction of sp³-hybridized carbons (Fsp3) is 0.182. The maximum atomic E-state index is 12.3. The highest BCUT2D eigenvalue weighted by atomic mass is 35.7. The molecule has 0 saturated carbocycles. The Hall–Kier alpha value is -2.90. The topological polar surface area (TPSA) is 183 Å². The number of benzene rings is 2. The van der Waals surface area contributed by atoms with E-state index in [-0.39, 0.29) is 24.0 Å². The summed E-state index contributed by atoms with van der Waals surface area (Å²) in [6, 6.07) is 20.1. The summed E-state index contributed by atoms with van der Waals surface area (Å²) < 4.78 is 63.8. The van der Waals surface area contributed by atoms with Crippen molar-refractivity contribution in [2.45, 2.75) is 31.9 Å². The van der Waals surface area contributed by atoms with Gasteiger partial charge in [-0.05, 0) is 28.8 Å². The van der Waals surface area contributed by atoms with E-state index in [9.17, 15) is 13.2 Å². The summed E-state index contributed by atoms with van der Waals surface area (Å²) in [4.78, 5) is 12.3. The molecule has 0 amide bonds. The van der Waals surface area contributed by atoms with E-state index in [0.717, 1.165) is 22.5 Å². The summed E-state index contributed by atoms with van der Waals surface area (Å²) in [6.45, 7) is 4.07. The fourth-order valence-electron chi connectivity index (χ4n) is 3.09. The Bertz CT molecular complexity index is 1200. The van der Waals surface area contributed by atoms with E-state index in [1.165, 1.54) is 12.1 Å². The Kier molecular flexibility index (Phi) is 9.24. The molecule has 2 aromatic carbocycles. The van der Waals surface area contributed by atoms with Crippen LogP contribution in [0, 0.1) is 24.1 Å². The van der Waals surface area contributed by atoms with Crippen LogP contribution in [0.3, 0.4) is 0 Å². The minimum absolute atomic E-state index is 0.0212. The zero-order chi connectivity index (χ0) is 25.5. The van der Waals surface area contributed by atoms with E-state index in [4.69, 9.17) is 28.5 Å². The van der Waals surface area contributed by atoms with Gasteiger partial charge < -0.3 is 4.74 Å². The van der Waals surface area contributed by atoms with E-state index in [1.807, 2.05) is 60.9 Å². The highest BCUT2D eigenvalue weighted by Crippen LogP contribution is 2.19. The van der Waals surface area contributed by atoms with Crippen LogP contribution in [0.5, 0.6) is 0 Å². The van der Waals surface area contributed by atoms with Crippen LogP contribution in [0.4, 0.5) is 0 Å². The van der Waals surface area contributed by atoms with E-state index in [2.05, 4.69) is 0 Å². The van der Waals surface area contributed by atoms with E-state index >= 15 is 0 Å². The number of halogens is 1. The third kappa shape index (κ3) is 9.15. The lowest BCUT2D eigenvalue weighted by Gasteiger charge is -2.17. The second kappa shape index (κ2) is 11.5. The van der Waals surface area contributed by atoms with Gasteiger partial charge in [-0.25, -0.2) is 37.0 Å². The number of sulfonamides is 1. The molecule has 2 N–H and O–H groups in total. The molecule has 182 valence electrons. The van der Waals surface area contributed by atoms with Crippen molar-refractivity contribution >= 4 is 16.0 Å². The largest absolute Gasteiger partial charge is 0.456 e. The molecule has 1 aromatic heterocycles. The van der Waals surface area contributed by atoms with Gasteiger partial charge in [-0.1, -0.05) is 42.5 Å². The monoisotopic (exact) mass is 510 g/mol. The Morgan fingerprint density at radius 3 is 1.88 bits per heavy atom. The van der Waals surface area contributed by atoms with Crippen LogP contribution < -0.4 is 28.3 Å². The molecule has 34 heavy (non-hydrogen) atoms. The van der Waals surface area contributed by atoms with Gasteiger partial charge in [-0.15, -0.1) is 10.2 Å². The van der Waals surface area contributed by atoms with Crippen molar-refractivity contribution in [1.82, 2.24) is 0 Å². The quantitative estimate of drug-likeness (QED) is 0.288. The predicted molar refractivity (Wildman–Crippen MR) is 109 cm³/mol. The van der Waals surface area contributed by atoms with Crippen LogP contribution in [-0.2, 0) is 32.7 Å². The van der Waals surface area contributed by atoms with Crippen molar-refractivity contribution in [2.24, 2.45) is 5.14 Å². The van der Waals surface area contributed by atoms with Crippen molar-refractivity contribution in [2.75, 3.05) is 0 Å². The number of hydrogen-bond donors (Lipinski definition) is 1. The zero-order valence-corrected chi connectivity index (χ0v) is 19.9. The fourth-order valence-corrected chi connectivity index (χ4v) is 3.60. The van der Waals surface area contributed by atoms with Gasteiger partial charge >= 0.3 is 5.97 Å². The molecule has 0 fully saturated rings. The summed E-state index contributed by atoms with van der Waals surface area (Å²) in [5, 5.41) is 5.08. The summed E-state index contributed by atoms with van der Waals surface area (Å²) >= 11 is 0. The number of ether oxygens (including phenoxy) is 1. The Balaban J connectivity index is 0.000000739. The molecule has 0 spiro atoms. The number of carbonyl (C=O) groups excluding carboxylic acids is 1. The van der Waals surface area contributed by atoms with Crippen LogP contribution in [0.25, 0.3) is 11.1 Å². The molecular formula is C22H23ClN2O8S. The van der Waals surface area contributed by atoms with Gasteiger partial charge in [0.1, 0.15) is 6.61 Å². The number of pyridine rings is 1. The highest BCUT2D eigenvalue weighted by Gasteiger charge is 2.19. The van der Waals surface area contributed by atoms with E-state index in [0.29, 0.717) is 5.56 Å². The highest BCUT2D eigenvalue weighted by molar-refractivity contribution is 7.89. The van der Waals surface area contributed by atoms with Crippen LogP contribution in [-0.4, -0.2) is 14.4 Å². The number of carbonyl (C=O) groups is 1. The summed E-state index contributed by atoms with van der Waals surface area (Å²) in [5.74, 6) is -0.371. The minimum atomic E-state index is -4.94. The molecule has 0 aliphatic heterocycles. The van der Waals surface area contributed by atoms with Gasteiger partial charge in [0.05, 0.1) is 4.90 Å². The Labute approximate surface area is 199 Å². The maximum Gasteiger partial charge on any atom is 0.373 e. The third-order valence-corrected chi connectivity index (χ3v) is 5.56.